The molecule has 98 valence electrons. The van der Waals surface area contributed by atoms with E-state index >= 15 is 0 Å². The summed E-state index contributed by atoms with van der Waals surface area (Å²) >= 11 is 0. The zero-order valence-electron chi connectivity index (χ0n) is 11.3. The number of hydrogen-bond acceptors (Lipinski definition) is 1. The Bertz CT molecular complexity index is 619. The maximum Gasteiger partial charge on any atom is 0.128 e. The van der Waals surface area contributed by atoms with Crippen LogP contribution in [0.1, 0.15) is 34.7 Å². The van der Waals surface area contributed by atoms with Crippen LogP contribution < -0.4 is 5.32 Å². The number of fused-ring (bicyclic) bond motifs is 1. The van der Waals surface area contributed by atoms with Crippen LogP contribution in [0.15, 0.2) is 36.4 Å². The van der Waals surface area contributed by atoms with Gasteiger partial charge in [-0.05, 0) is 49.9 Å². The standard InChI is InChI=1S/C17H18FN/c1-11-6-7-13-8-9-17(14(13)10-11)19-16-5-3-4-15(18)12(16)2/h3-7,10,17,19H,8-9H2,1-2H3. The maximum atomic E-state index is 13.6. The molecule has 2 aromatic carbocycles. The molecule has 0 spiro atoms. The monoisotopic (exact) mass is 255 g/mol. The molecule has 1 aliphatic carbocycles. The molecule has 0 fully saturated rings. The highest BCUT2D eigenvalue weighted by atomic mass is 19.1. The summed E-state index contributed by atoms with van der Waals surface area (Å²) in [6.45, 7) is 3.94. The molecule has 2 heteroatoms. The Kier molecular flexibility index (Phi) is 3.02. The quantitative estimate of drug-likeness (QED) is 0.830. The summed E-state index contributed by atoms with van der Waals surface area (Å²) in [5.41, 5.74) is 5.66. The zero-order valence-corrected chi connectivity index (χ0v) is 11.3. The van der Waals surface area contributed by atoms with Crippen LogP contribution in [-0.4, -0.2) is 0 Å². The molecule has 1 N–H and O–H groups in total. The van der Waals surface area contributed by atoms with E-state index in [-0.39, 0.29) is 5.82 Å². The zero-order chi connectivity index (χ0) is 13.4. The fourth-order valence-corrected chi connectivity index (χ4v) is 2.82. The Balaban J connectivity index is 1.90. The third-order valence-corrected chi connectivity index (χ3v) is 3.98. The minimum absolute atomic E-state index is 0.146. The molecule has 0 amide bonds. The van der Waals surface area contributed by atoms with Crippen LogP contribution in [0.25, 0.3) is 0 Å². The Labute approximate surface area is 113 Å². The number of aryl methyl sites for hydroxylation is 2. The van der Waals surface area contributed by atoms with E-state index in [0.717, 1.165) is 18.5 Å². The lowest BCUT2D eigenvalue weighted by atomic mass is 10.0. The van der Waals surface area contributed by atoms with Crippen LogP contribution in [-0.2, 0) is 6.42 Å². The van der Waals surface area contributed by atoms with Gasteiger partial charge in [0.05, 0.1) is 6.04 Å². The summed E-state index contributed by atoms with van der Waals surface area (Å²) in [7, 11) is 0. The van der Waals surface area contributed by atoms with E-state index in [2.05, 4.69) is 30.4 Å². The van der Waals surface area contributed by atoms with Crippen LogP contribution in [0.3, 0.4) is 0 Å². The van der Waals surface area contributed by atoms with Crippen molar-refractivity contribution in [1.29, 1.82) is 0 Å². The van der Waals surface area contributed by atoms with Crippen molar-refractivity contribution < 1.29 is 4.39 Å². The van der Waals surface area contributed by atoms with Crippen molar-refractivity contribution in [3.8, 4) is 0 Å². The molecule has 0 saturated carbocycles. The first-order valence-corrected chi connectivity index (χ1v) is 6.76. The fourth-order valence-electron chi connectivity index (χ4n) is 2.82. The van der Waals surface area contributed by atoms with E-state index in [9.17, 15) is 4.39 Å². The van der Waals surface area contributed by atoms with E-state index in [0.29, 0.717) is 11.6 Å². The summed E-state index contributed by atoms with van der Waals surface area (Å²) in [5, 5.41) is 3.49. The number of nitrogens with one attached hydrogen (secondary N) is 1. The third-order valence-electron chi connectivity index (χ3n) is 3.98. The number of anilines is 1. The molecule has 1 unspecified atom stereocenters. The summed E-state index contributed by atoms with van der Waals surface area (Å²) < 4.78 is 13.6. The van der Waals surface area contributed by atoms with Crippen LogP contribution in [0, 0.1) is 19.7 Å². The van der Waals surface area contributed by atoms with Gasteiger partial charge in [0.2, 0.25) is 0 Å². The highest BCUT2D eigenvalue weighted by Gasteiger charge is 2.22. The van der Waals surface area contributed by atoms with E-state index in [4.69, 9.17) is 0 Å². The second kappa shape index (κ2) is 4.69. The average molecular weight is 255 g/mol. The highest BCUT2D eigenvalue weighted by molar-refractivity contribution is 5.54. The maximum absolute atomic E-state index is 13.6. The SMILES string of the molecule is Cc1ccc2c(c1)C(Nc1cccc(F)c1C)CC2. The Morgan fingerprint density at radius 2 is 2.00 bits per heavy atom. The number of halogens is 1. The van der Waals surface area contributed by atoms with Crippen LogP contribution in [0.5, 0.6) is 0 Å². The van der Waals surface area contributed by atoms with E-state index in [1.807, 2.05) is 13.0 Å². The van der Waals surface area contributed by atoms with E-state index in [1.165, 1.54) is 22.8 Å². The van der Waals surface area contributed by atoms with Gasteiger partial charge in [0.15, 0.2) is 0 Å². The largest absolute Gasteiger partial charge is 0.378 e. The van der Waals surface area contributed by atoms with E-state index in [1.54, 1.807) is 6.07 Å². The average Bonchev–Trinajstić information content (AvgIpc) is 2.78. The molecule has 0 aromatic heterocycles. The van der Waals surface area contributed by atoms with Crippen LogP contribution >= 0.6 is 0 Å². The lowest BCUT2D eigenvalue weighted by Gasteiger charge is -2.18. The predicted octanol–water partition coefficient (Wildman–Crippen LogP) is 4.54. The van der Waals surface area contributed by atoms with Gasteiger partial charge in [-0.1, -0.05) is 29.8 Å². The first-order chi connectivity index (χ1) is 9.15. The molecule has 1 aliphatic rings. The minimum Gasteiger partial charge on any atom is -0.378 e. The van der Waals surface area contributed by atoms with Crippen molar-refractivity contribution in [2.24, 2.45) is 0 Å². The summed E-state index contributed by atoms with van der Waals surface area (Å²) in [5.74, 6) is -0.146. The number of rotatable bonds is 2. The molecule has 3 rings (SSSR count). The topological polar surface area (TPSA) is 12.0 Å². The van der Waals surface area contributed by atoms with Crippen molar-refractivity contribution in [2.45, 2.75) is 32.7 Å². The molecule has 0 saturated heterocycles. The van der Waals surface area contributed by atoms with Crippen molar-refractivity contribution in [3.63, 3.8) is 0 Å². The van der Waals surface area contributed by atoms with Gasteiger partial charge in [-0.25, -0.2) is 4.39 Å². The Morgan fingerprint density at radius 3 is 2.84 bits per heavy atom. The van der Waals surface area contributed by atoms with Crippen molar-refractivity contribution in [3.05, 3.63) is 64.5 Å². The van der Waals surface area contributed by atoms with Crippen LogP contribution in [0.4, 0.5) is 10.1 Å². The third kappa shape index (κ3) is 2.23. The molecule has 1 atom stereocenters. The smallest absolute Gasteiger partial charge is 0.128 e. The van der Waals surface area contributed by atoms with E-state index < -0.39 is 0 Å². The summed E-state index contributed by atoms with van der Waals surface area (Å²) in [6.07, 6.45) is 2.18. The molecular formula is C17H18FN. The highest BCUT2D eigenvalue weighted by Crippen LogP contribution is 2.35. The van der Waals surface area contributed by atoms with Gasteiger partial charge in [0.25, 0.3) is 0 Å². The summed E-state index contributed by atoms with van der Waals surface area (Å²) in [4.78, 5) is 0. The van der Waals surface area contributed by atoms with Crippen molar-refractivity contribution in [2.75, 3.05) is 5.32 Å². The van der Waals surface area contributed by atoms with Crippen LogP contribution in [0.2, 0.25) is 0 Å². The van der Waals surface area contributed by atoms with Gasteiger partial charge in [-0.15, -0.1) is 0 Å². The second-order valence-corrected chi connectivity index (χ2v) is 5.35. The van der Waals surface area contributed by atoms with Crippen molar-refractivity contribution >= 4 is 5.69 Å². The Hall–Kier alpha value is -1.83. The van der Waals surface area contributed by atoms with Gasteiger partial charge in [0, 0.05) is 11.3 Å². The number of hydrogen-bond donors (Lipinski definition) is 1. The van der Waals surface area contributed by atoms with Gasteiger partial charge >= 0.3 is 0 Å². The molecule has 19 heavy (non-hydrogen) atoms. The van der Waals surface area contributed by atoms with Gasteiger partial charge in [-0.2, -0.15) is 0 Å². The van der Waals surface area contributed by atoms with Gasteiger partial charge in [-0.3, -0.25) is 0 Å². The normalized spacial score (nSPS) is 17.3. The Morgan fingerprint density at radius 1 is 1.16 bits per heavy atom. The van der Waals surface area contributed by atoms with Crippen molar-refractivity contribution in [1.82, 2.24) is 0 Å². The molecule has 2 aromatic rings. The molecule has 0 heterocycles. The first-order valence-electron chi connectivity index (χ1n) is 6.76. The predicted molar refractivity (Wildman–Crippen MR) is 77.0 cm³/mol. The van der Waals surface area contributed by atoms with Gasteiger partial charge < -0.3 is 5.32 Å². The molecule has 1 nitrogen and oxygen atoms in total. The molecule has 0 aliphatic heterocycles. The molecular weight excluding hydrogens is 237 g/mol. The first kappa shape index (κ1) is 12.2. The second-order valence-electron chi connectivity index (χ2n) is 5.35. The lowest BCUT2D eigenvalue weighted by Crippen LogP contribution is -2.08. The minimum atomic E-state index is -0.146. The number of benzene rings is 2. The summed E-state index contributed by atoms with van der Waals surface area (Å²) in [6, 6.07) is 12.1. The molecule has 0 bridgehead atoms. The van der Waals surface area contributed by atoms with Gasteiger partial charge in [0.1, 0.15) is 5.82 Å². The lowest BCUT2D eigenvalue weighted by molar-refractivity contribution is 0.618. The molecule has 0 radical (unpaired) electrons. The fraction of sp³-hybridized carbons (Fsp3) is 0.294.